The molecule has 0 aliphatic heterocycles. The minimum Gasteiger partial charge on any atom is -0.347 e. The number of hydrogen-bond donors (Lipinski definition) is 1. The van der Waals surface area contributed by atoms with Crippen LogP contribution in [0.15, 0.2) is 18.5 Å². The van der Waals surface area contributed by atoms with Crippen LogP contribution in [0.1, 0.15) is 62.7 Å². The van der Waals surface area contributed by atoms with Gasteiger partial charge in [-0.25, -0.2) is 9.07 Å². The monoisotopic (exact) mass is 379 g/mol. The molecule has 1 amide bonds. The van der Waals surface area contributed by atoms with E-state index in [1.165, 1.54) is 17.1 Å². The first-order chi connectivity index (χ1) is 12.3. The number of nitrogens with zero attached hydrogens (tertiary/aromatic N) is 4. The zero-order valence-corrected chi connectivity index (χ0v) is 15.9. The van der Waals surface area contributed by atoms with Crippen molar-refractivity contribution in [2.45, 2.75) is 58.5 Å². The topological polar surface area (TPSA) is 72.7 Å². The van der Waals surface area contributed by atoms with Gasteiger partial charge in [0, 0.05) is 5.56 Å². The van der Waals surface area contributed by atoms with Gasteiger partial charge in [-0.05, 0) is 54.2 Å². The van der Waals surface area contributed by atoms with E-state index >= 15 is 0 Å². The molecule has 2 unspecified atom stereocenters. The molecule has 3 rings (SSSR count). The van der Waals surface area contributed by atoms with Crippen LogP contribution in [-0.2, 0) is 4.79 Å². The maximum atomic E-state index is 14.8. The third kappa shape index (κ3) is 3.45. The number of aromatic nitrogens is 4. The minimum atomic E-state index is -0.607. The second-order valence-corrected chi connectivity index (χ2v) is 7.74. The molecule has 1 aromatic carbocycles. The summed E-state index contributed by atoms with van der Waals surface area (Å²) in [4.78, 5) is 12.8. The summed E-state index contributed by atoms with van der Waals surface area (Å²) in [5.41, 5.74) is 0.902. The first-order valence-electron chi connectivity index (χ1n) is 8.81. The molecule has 1 saturated carbocycles. The maximum absolute atomic E-state index is 14.8. The van der Waals surface area contributed by atoms with Crippen molar-refractivity contribution in [1.29, 1.82) is 0 Å². The molecule has 0 spiro atoms. The largest absolute Gasteiger partial charge is 0.347 e. The van der Waals surface area contributed by atoms with Crippen molar-refractivity contribution in [3.05, 3.63) is 40.4 Å². The van der Waals surface area contributed by atoms with Gasteiger partial charge in [0.1, 0.15) is 18.2 Å². The molecule has 0 saturated heterocycles. The fourth-order valence-corrected chi connectivity index (χ4v) is 4.00. The van der Waals surface area contributed by atoms with Crippen molar-refractivity contribution in [2.75, 3.05) is 0 Å². The fourth-order valence-electron chi connectivity index (χ4n) is 3.74. The maximum Gasteiger partial charge on any atom is 0.245 e. The van der Waals surface area contributed by atoms with Crippen molar-refractivity contribution >= 4 is 17.5 Å². The molecule has 26 heavy (non-hydrogen) atoms. The molecule has 1 aliphatic rings. The van der Waals surface area contributed by atoms with Crippen LogP contribution in [0.2, 0.25) is 5.02 Å². The second kappa shape index (κ2) is 7.31. The van der Waals surface area contributed by atoms with Crippen molar-refractivity contribution in [2.24, 2.45) is 5.41 Å². The number of halogens is 2. The van der Waals surface area contributed by atoms with Gasteiger partial charge in [0.2, 0.25) is 5.91 Å². The number of hydrogen-bond acceptors (Lipinski definition) is 4. The normalized spacial score (nSPS) is 18.5. The number of carbonyl (C=O) groups is 1. The number of tetrazole rings is 1. The lowest BCUT2D eigenvalue weighted by Gasteiger charge is -2.36. The van der Waals surface area contributed by atoms with Gasteiger partial charge in [-0.15, -0.1) is 5.10 Å². The average molecular weight is 380 g/mol. The van der Waals surface area contributed by atoms with Crippen LogP contribution in [0.5, 0.6) is 0 Å². The molecular weight excluding hydrogens is 357 g/mol. The lowest BCUT2D eigenvalue weighted by molar-refractivity contribution is -0.126. The highest BCUT2D eigenvalue weighted by molar-refractivity contribution is 6.32. The summed E-state index contributed by atoms with van der Waals surface area (Å²) >= 11 is 6.47. The van der Waals surface area contributed by atoms with E-state index in [0.717, 1.165) is 31.2 Å². The number of benzene rings is 1. The van der Waals surface area contributed by atoms with Crippen LogP contribution in [-0.4, -0.2) is 26.1 Å². The Morgan fingerprint density at radius 1 is 1.38 bits per heavy atom. The molecule has 0 bridgehead atoms. The van der Waals surface area contributed by atoms with Crippen LogP contribution in [0, 0.1) is 18.2 Å². The summed E-state index contributed by atoms with van der Waals surface area (Å²) in [7, 11) is 0. The molecule has 6 nitrogen and oxygen atoms in total. The number of nitrogens with one attached hydrogen (secondary N) is 1. The van der Waals surface area contributed by atoms with Gasteiger partial charge >= 0.3 is 0 Å². The van der Waals surface area contributed by atoms with E-state index < -0.39 is 17.9 Å². The molecule has 8 heteroatoms. The van der Waals surface area contributed by atoms with Crippen LogP contribution in [0.3, 0.4) is 0 Å². The van der Waals surface area contributed by atoms with Gasteiger partial charge in [-0.3, -0.25) is 4.79 Å². The molecule has 2 aromatic rings. The Labute approximate surface area is 157 Å². The third-order valence-electron chi connectivity index (χ3n) is 5.48. The first-order valence-corrected chi connectivity index (χ1v) is 9.18. The highest BCUT2D eigenvalue weighted by atomic mass is 35.5. The summed E-state index contributed by atoms with van der Waals surface area (Å²) in [6, 6.07) is 1.95. The summed E-state index contributed by atoms with van der Waals surface area (Å²) in [6.45, 7) is 5.63. The molecule has 1 N–H and O–H groups in total. The zero-order chi connectivity index (χ0) is 18.9. The quantitative estimate of drug-likeness (QED) is 0.858. The molecule has 1 aliphatic carbocycles. The number of rotatable bonds is 5. The van der Waals surface area contributed by atoms with Gasteiger partial charge in [0.05, 0.1) is 11.1 Å². The number of amides is 1. The van der Waals surface area contributed by atoms with Gasteiger partial charge in [-0.1, -0.05) is 37.4 Å². The highest BCUT2D eigenvalue weighted by Gasteiger charge is 2.41. The Morgan fingerprint density at radius 3 is 2.69 bits per heavy atom. The van der Waals surface area contributed by atoms with Crippen LogP contribution in [0.25, 0.3) is 0 Å². The van der Waals surface area contributed by atoms with E-state index in [4.69, 9.17) is 11.6 Å². The highest BCUT2D eigenvalue weighted by Crippen LogP contribution is 2.49. The lowest BCUT2D eigenvalue weighted by Crippen LogP contribution is -2.42. The van der Waals surface area contributed by atoms with E-state index in [2.05, 4.69) is 27.8 Å². The van der Waals surface area contributed by atoms with Gasteiger partial charge in [0.25, 0.3) is 0 Å². The Kier molecular flexibility index (Phi) is 5.27. The minimum absolute atomic E-state index is 0.256. The molecule has 1 aromatic heterocycles. The average Bonchev–Trinajstić information content (AvgIpc) is 3.29. The molecule has 0 radical (unpaired) electrons. The summed E-state index contributed by atoms with van der Waals surface area (Å²) < 4.78 is 16.1. The number of aryl methyl sites for hydroxylation is 1. The van der Waals surface area contributed by atoms with Crippen molar-refractivity contribution < 1.29 is 9.18 Å². The molecule has 140 valence electrons. The predicted molar refractivity (Wildman–Crippen MR) is 96.1 cm³/mol. The van der Waals surface area contributed by atoms with E-state index in [1.54, 1.807) is 13.0 Å². The molecular formula is C18H23ClFN5O. The summed E-state index contributed by atoms with van der Waals surface area (Å²) in [6.07, 6.45) is 5.30. The zero-order valence-electron chi connectivity index (χ0n) is 15.2. The molecule has 2 atom stereocenters. The van der Waals surface area contributed by atoms with Crippen LogP contribution >= 0.6 is 11.6 Å². The Balaban J connectivity index is 1.98. The lowest BCUT2D eigenvalue weighted by atomic mass is 9.76. The molecule has 1 heterocycles. The standard InChI is InChI=1S/C18H23ClFN5O/c1-11-6-7-13(20)14(15(11)19)16(18(3)8-4-5-9-18)22-17(26)12(2)25-10-21-23-24-25/h6-7,10,12,16H,4-5,8-9H2,1-3H3,(H,22,26). The summed E-state index contributed by atoms with van der Waals surface area (Å²) in [5.74, 6) is -0.665. The van der Waals surface area contributed by atoms with Crippen molar-refractivity contribution in [3.63, 3.8) is 0 Å². The second-order valence-electron chi connectivity index (χ2n) is 7.36. The smallest absolute Gasteiger partial charge is 0.245 e. The molecule has 1 fully saturated rings. The Bertz CT molecular complexity index is 789. The van der Waals surface area contributed by atoms with Crippen molar-refractivity contribution in [1.82, 2.24) is 25.5 Å². The van der Waals surface area contributed by atoms with E-state index in [0.29, 0.717) is 10.6 Å². The summed E-state index contributed by atoms with van der Waals surface area (Å²) in [5, 5.41) is 14.3. The van der Waals surface area contributed by atoms with Gasteiger partial charge < -0.3 is 5.32 Å². The Hall–Kier alpha value is -2.02. The number of carbonyl (C=O) groups excluding carboxylic acids is 1. The van der Waals surface area contributed by atoms with Gasteiger partial charge in [-0.2, -0.15) is 0 Å². The van der Waals surface area contributed by atoms with E-state index in [-0.39, 0.29) is 11.3 Å². The van der Waals surface area contributed by atoms with Gasteiger partial charge in [0.15, 0.2) is 0 Å². The van der Waals surface area contributed by atoms with Crippen LogP contribution < -0.4 is 5.32 Å². The SMILES string of the molecule is Cc1ccc(F)c(C(NC(=O)C(C)n2cnnn2)C2(C)CCCC2)c1Cl. The van der Waals surface area contributed by atoms with Crippen LogP contribution in [0.4, 0.5) is 4.39 Å². The predicted octanol–water partition coefficient (Wildman–Crippen LogP) is 3.77. The third-order valence-corrected chi connectivity index (χ3v) is 5.98. The van der Waals surface area contributed by atoms with Crippen molar-refractivity contribution in [3.8, 4) is 0 Å². The van der Waals surface area contributed by atoms with E-state index in [1.807, 2.05) is 6.92 Å². The fraction of sp³-hybridized carbons (Fsp3) is 0.556. The first kappa shape index (κ1) is 18.8. The Morgan fingerprint density at radius 2 is 2.08 bits per heavy atom. The van der Waals surface area contributed by atoms with E-state index in [9.17, 15) is 9.18 Å².